The predicted octanol–water partition coefficient (Wildman–Crippen LogP) is 2.82. The smallest absolute Gasteiger partial charge is 0.221 e. The van der Waals surface area contributed by atoms with Crippen molar-refractivity contribution < 1.29 is 4.79 Å². The molecule has 0 aliphatic carbocycles. The van der Waals surface area contributed by atoms with Crippen molar-refractivity contribution in [2.24, 2.45) is 0 Å². The lowest BCUT2D eigenvalue weighted by Gasteiger charge is -2.12. The normalized spacial score (nSPS) is 11.6. The Morgan fingerprint density at radius 1 is 1.56 bits per heavy atom. The largest absolute Gasteiger partial charge is 0.337 e. The molecule has 4 heteroatoms. The summed E-state index contributed by atoms with van der Waals surface area (Å²) in [5.41, 5.74) is 0.635. The van der Waals surface area contributed by atoms with Gasteiger partial charge in [-0.3, -0.25) is 4.79 Å². The first-order valence-corrected chi connectivity index (χ1v) is 5.50. The molecule has 1 amide bonds. The minimum Gasteiger partial charge on any atom is -0.337 e. The van der Waals surface area contributed by atoms with Gasteiger partial charge in [-0.05, 0) is 12.5 Å². The Hall–Kier alpha value is -1.53. The van der Waals surface area contributed by atoms with Crippen LogP contribution in [-0.4, -0.2) is 5.91 Å². The standard InChI is InChI=1S/C12H13ClN2O/c1-2-5-12(16)15-11(8-14)9-6-3-4-7-10(9)13/h3-4,6-7,11H,2,5H2,1H3,(H,15,16). The van der Waals surface area contributed by atoms with Crippen LogP contribution in [0.15, 0.2) is 24.3 Å². The van der Waals surface area contributed by atoms with Crippen LogP contribution in [0.3, 0.4) is 0 Å². The van der Waals surface area contributed by atoms with Crippen LogP contribution in [0.2, 0.25) is 5.02 Å². The van der Waals surface area contributed by atoms with Crippen LogP contribution in [0.5, 0.6) is 0 Å². The number of nitrogens with one attached hydrogen (secondary N) is 1. The number of amides is 1. The first-order valence-electron chi connectivity index (χ1n) is 5.12. The summed E-state index contributed by atoms with van der Waals surface area (Å²) in [5, 5.41) is 12.1. The molecule has 0 saturated heterocycles. The Kier molecular flexibility index (Phi) is 4.81. The van der Waals surface area contributed by atoms with Gasteiger partial charge in [0.05, 0.1) is 6.07 Å². The summed E-state index contributed by atoms with van der Waals surface area (Å²) < 4.78 is 0. The van der Waals surface area contributed by atoms with Gasteiger partial charge >= 0.3 is 0 Å². The van der Waals surface area contributed by atoms with Crippen LogP contribution >= 0.6 is 11.6 Å². The van der Waals surface area contributed by atoms with E-state index in [0.717, 1.165) is 6.42 Å². The maximum atomic E-state index is 11.4. The SMILES string of the molecule is CCCC(=O)NC(C#N)c1ccccc1Cl. The molecule has 0 aromatic heterocycles. The van der Waals surface area contributed by atoms with E-state index in [2.05, 4.69) is 5.32 Å². The average Bonchev–Trinajstić information content (AvgIpc) is 2.27. The van der Waals surface area contributed by atoms with E-state index in [0.29, 0.717) is 17.0 Å². The summed E-state index contributed by atoms with van der Waals surface area (Å²) in [4.78, 5) is 11.4. The van der Waals surface area contributed by atoms with Crippen LogP contribution in [-0.2, 0) is 4.79 Å². The van der Waals surface area contributed by atoms with Crippen LogP contribution in [0.1, 0.15) is 31.4 Å². The maximum Gasteiger partial charge on any atom is 0.221 e. The molecule has 1 atom stereocenters. The molecule has 0 spiro atoms. The van der Waals surface area contributed by atoms with Crippen molar-refractivity contribution in [1.82, 2.24) is 5.32 Å². The van der Waals surface area contributed by atoms with E-state index in [4.69, 9.17) is 16.9 Å². The van der Waals surface area contributed by atoms with Gasteiger partial charge < -0.3 is 5.32 Å². The third kappa shape index (κ3) is 3.25. The number of rotatable bonds is 4. The Morgan fingerprint density at radius 2 is 2.25 bits per heavy atom. The predicted molar refractivity (Wildman–Crippen MR) is 62.9 cm³/mol. The van der Waals surface area contributed by atoms with Gasteiger partial charge in [0.2, 0.25) is 5.91 Å². The molecule has 0 fully saturated rings. The van der Waals surface area contributed by atoms with Crippen LogP contribution in [0, 0.1) is 11.3 Å². The molecule has 1 N–H and O–H groups in total. The number of carbonyl (C=O) groups is 1. The highest BCUT2D eigenvalue weighted by molar-refractivity contribution is 6.31. The van der Waals surface area contributed by atoms with Crippen molar-refractivity contribution in [1.29, 1.82) is 5.26 Å². The van der Waals surface area contributed by atoms with Crippen LogP contribution in [0.4, 0.5) is 0 Å². The van der Waals surface area contributed by atoms with Gasteiger partial charge in [-0.1, -0.05) is 36.7 Å². The number of carbonyl (C=O) groups excluding carboxylic acids is 1. The summed E-state index contributed by atoms with van der Waals surface area (Å²) in [6.07, 6.45) is 1.18. The van der Waals surface area contributed by atoms with E-state index in [1.54, 1.807) is 24.3 Å². The lowest BCUT2D eigenvalue weighted by molar-refractivity contribution is -0.121. The highest BCUT2D eigenvalue weighted by atomic mass is 35.5. The average molecular weight is 237 g/mol. The summed E-state index contributed by atoms with van der Waals surface area (Å²) in [5.74, 6) is -0.131. The van der Waals surface area contributed by atoms with Crippen molar-refractivity contribution in [2.45, 2.75) is 25.8 Å². The number of nitrogens with zero attached hydrogens (tertiary/aromatic N) is 1. The van der Waals surface area contributed by atoms with E-state index < -0.39 is 6.04 Å². The third-order valence-electron chi connectivity index (χ3n) is 2.13. The monoisotopic (exact) mass is 236 g/mol. The Morgan fingerprint density at radius 3 is 2.81 bits per heavy atom. The zero-order chi connectivity index (χ0) is 12.0. The molecule has 1 aromatic carbocycles. The number of hydrogen-bond donors (Lipinski definition) is 1. The van der Waals surface area contributed by atoms with Gasteiger partial charge in [0, 0.05) is 17.0 Å². The first-order chi connectivity index (χ1) is 7.69. The maximum absolute atomic E-state index is 11.4. The molecule has 1 rings (SSSR count). The topological polar surface area (TPSA) is 52.9 Å². The molecular weight excluding hydrogens is 224 g/mol. The first kappa shape index (κ1) is 12.5. The van der Waals surface area contributed by atoms with Gasteiger partial charge in [0.15, 0.2) is 0 Å². The Balaban J connectivity index is 2.80. The lowest BCUT2D eigenvalue weighted by Crippen LogP contribution is -2.27. The van der Waals surface area contributed by atoms with Crippen molar-refractivity contribution in [3.8, 4) is 6.07 Å². The van der Waals surface area contributed by atoms with E-state index in [-0.39, 0.29) is 5.91 Å². The molecule has 1 aromatic rings. The number of halogens is 1. The number of benzene rings is 1. The summed E-state index contributed by atoms with van der Waals surface area (Å²) in [6.45, 7) is 1.91. The summed E-state index contributed by atoms with van der Waals surface area (Å²) >= 11 is 5.96. The van der Waals surface area contributed by atoms with Crippen LogP contribution < -0.4 is 5.32 Å². The summed E-state index contributed by atoms with van der Waals surface area (Å²) in [7, 11) is 0. The molecule has 0 aliphatic rings. The van der Waals surface area contributed by atoms with E-state index in [9.17, 15) is 4.79 Å². The van der Waals surface area contributed by atoms with Crippen molar-refractivity contribution >= 4 is 17.5 Å². The minimum atomic E-state index is -0.673. The van der Waals surface area contributed by atoms with E-state index in [1.165, 1.54) is 0 Å². The second kappa shape index (κ2) is 6.14. The van der Waals surface area contributed by atoms with E-state index >= 15 is 0 Å². The molecule has 1 unspecified atom stereocenters. The molecule has 0 heterocycles. The molecule has 16 heavy (non-hydrogen) atoms. The molecule has 0 bridgehead atoms. The second-order valence-corrected chi connectivity index (χ2v) is 3.81. The van der Waals surface area contributed by atoms with Crippen molar-refractivity contribution in [2.75, 3.05) is 0 Å². The zero-order valence-corrected chi connectivity index (χ0v) is 9.79. The molecule has 0 radical (unpaired) electrons. The fourth-order valence-electron chi connectivity index (χ4n) is 1.35. The molecule has 0 aliphatic heterocycles. The minimum absolute atomic E-state index is 0.131. The van der Waals surface area contributed by atoms with Crippen molar-refractivity contribution in [3.05, 3.63) is 34.9 Å². The second-order valence-electron chi connectivity index (χ2n) is 3.40. The number of hydrogen-bond acceptors (Lipinski definition) is 2. The Labute approximate surface area is 100 Å². The highest BCUT2D eigenvalue weighted by Crippen LogP contribution is 2.22. The third-order valence-corrected chi connectivity index (χ3v) is 2.47. The van der Waals surface area contributed by atoms with Gasteiger partial charge in [-0.25, -0.2) is 0 Å². The molecular formula is C12H13ClN2O. The summed E-state index contributed by atoms with van der Waals surface area (Å²) in [6, 6.07) is 8.37. The fourth-order valence-corrected chi connectivity index (χ4v) is 1.59. The molecule has 0 saturated carbocycles. The van der Waals surface area contributed by atoms with Crippen molar-refractivity contribution in [3.63, 3.8) is 0 Å². The van der Waals surface area contributed by atoms with E-state index in [1.807, 2.05) is 13.0 Å². The Bertz CT molecular complexity index is 412. The van der Waals surface area contributed by atoms with Gasteiger partial charge in [0.25, 0.3) is 0 Å². The lowest BCUT2D eigenvalue weighted by atomic mass is 10.1. The van der Waals surface area contributed by atoms with Crippen LogP contribution in [0.25, 0.3) is 0 Å². The van der Waals surface area contributed by atoms with Gasteiger partial charge in [0.1, 0.15) is 6.04 Å². The number of nitriles is 1. The highest BCUT2D eigenvalue weighted by Gasteiger charge is 2.15. The fraction of sp³-hybridized carbons (Fsp3) is 0.333. The van der Waals surface area contributed by atoms with Gasteiger partial charge in [-0.2, -0.15) is 5.26 Å². The zero-order valence-electron chi connectivity index (χ0n) is 9.03. The van der Waals surface area contributed by atoms with Gasteiger partial charge in [-0.15, -0.1) is 0 Å². The molecule has 3 nitrogen and oxygen atoms in total. The molecule has 84 valence electrons. The quantitative estimate of drug-likeness (QED) is 0.874.